The number of nitrogens with zero attached hydrogens (tertiary/aromatic N) is 1. The molecular weight excluding hydrogens is 314 g/mol. The fraction of sp³-hybridized carbons (Fsp3) is 0.700. The van der Waals surface area contributed by atoms with Crippen LogP contribution in [0.1, 0.15) is 38.7 Å². The average Bonchev–Trinajstić information content (AvgIpc) is 2.52. The average molecular weight is 350 g/mol. The van der Waals surface area contributed by atoms with Gasteiger partial charge in [0.05, 0.1) is 0 Å². The zero-order chi connectivity index (χ0) is 17.8. The molecule has 136 valence electrons. The molecule has 0 radical (unpaired) electrons. The van der Waals surface area contributed by atoms with Crippen molar-refractivity contribution in [2.45, 2.75) is 57.8 Å². The minimum atomic E-state index is -2.14. The van der Waals surface area contributed by atoms with Crippen molar-refractivity contribution in [2.24, 2.45) is 11.8 Å². The number of piperidine rings is 1. The lowest BCUT2D eigenvalue weighted by Crippen LogP contribution is -2.43. The Morgan fingerprint density at radius 1 is 1.12 bits per heavy atom. The van der Waals surface area contributed by atoms with Crippen LogP contribution in [-0.4, -0.2) is 42.8 Å². The maximum Gasteiger partial charge on any atom is 0.188 e. The summed E-state index contributed by atoms with van der Waals surface area (Å²) in [6.45, 7) is 11.9. The van der Waals surface area contributed by atoms with Crippen LogP contribution in [0.5, 0.6) is 0 Å². The zero-order valence-corrected chi connectivity index (χ0v) is 16.8. The number of benzene rings is 1. The predicted octanol–water partition coefficient (Wildman–Crippen LogP) is 3.87. The topological polar surface area (TPSA) is 43.7 Å². The van der Waals surface area contributed by atoms with Crippen molar-refractivity contribution >= 4 is 8.32 Å². The minimum absolute atomic E-state index is 0.0451. The highest BCUT2D eigenvalue weighted by Gasteiger charge is 2.38. The lowest BCUT2D eigenvalue weighted by Gasteiger charge is -2.40. The second-order valence-corrected chi connectivity index (χ2v) is 13.3. The molecule has 0 aromatic heterocycles. The molecule has 1 fully saturated rings. The molecule has 3 nitrogen and oxygen atoms in total. The van der Waals surface area contributed by atoms with Crippen LogP contribution >= 0.6 is 0 Å². The number of rotatable bonds is 7. The Kier molecular flexibility index (Phi) is 6.65. The van der Waals surface area contributed by atoms with Crippen LogP contribution in [0.15, 0.2) is 30.3 Å². The van der Waals surface area contributed by atoms with Gasteiger partial charge in [-0.3, -0.25) is 4.90 Å². The number of likely N-dealkylation sites (tertiary alicyclic amines) is 1. The van der Waals surface area contributed by atoms with Crippen molar-refractivity contribution < 1.29 is 9.90 Å². The molecule has 0 saturated carbocycles. The second kappa shape index (κ2) is 8.13. The SMILES string of the molecule is CC(C)(CCC1CC(CO)CN(Cc2ccccc2)C1)[Si](C)(C)O. The van der Waals surface area contributed by atoms with Crippen LogP contribution in [0.25, 0.3) is 0 Å². The Morgan fingerprint density at radius 3 is 2.33 bits per heavy atom. The van der Waals surface area contributed by atoms with E-state index >= 15 is 0 Å². The molecule has 2 atom stereocenters. The largest absolute Gasteiger partial charge is 0.432 e. The molecule has 2 rings (SSSR count). The molecule has 4 heteroatoms. The summed E-state index contributed by atoms with van der Waals surface area (Å²) in [7, 11) is -2.14. The second-order valence-electron chi connectivity index (χ2n) is 8.81. The summed E-state index contributed by atoms with van der Waals surface area (Å²) in [6.07, 6.45) is 3.34. The highest BCUT2D eigenvalue weighted by molar-refractivity contribution is 6.72. The molecule has 0 aliphatic carbocycles. The van der Waals surface area contributed by atoms with E-state index in [0.29, 0.717) is 11.8 Å². The van der Waals surface area contributed by atoms with E-state index in [1.54, 1.807) is 0 Å². The van der Waals surface area contributed by atoms with Crippen molar-refractivity contribution in [3.8, 4) is 0 Å². The molecule has 2 N–H and O–H groups in total. The van der Waals surface area contributed by atoms with E-state index in [0.717, 1.165) is 38.9 Å². The smallest absolute Gasteiger partial charge is 0.188 e. The summed E-state index contributed by atoms with van der Waals surface area (Å²) in [5, 5.41) is 9.74. The molecule has 24 heavy (non-hydrogen) atoms. The van der Waals surface area contributed by atoms with Gasteiger partial charge in [-0.25, -0.2) is 0 Å². The monoisotopic (exact) mass is 349 g/mol. The number of aliphatic hydroxyl groups excluding tert-OH is 1. The maximum atomic E-state index is 10.5. The molecule has 1 aromatic rings. The van der Waals surface area contributed by atoms with Gasteiger partial charge < -0.3 is 9.90 Å². The van der Waals surface area contributed by atoms with Crippen LogP contribution in [0.3, 0.4) is 0 Å². The molecule has 0 bridgehead atoms. The van der Waals surface area contributed by atoms with Crippen LogP contribution in [-0.2, 0) is 6.54 Å². The fourth-order valence-electron chi connectivity index (χ4n) is 3.61. The van der Waals surface area contributed by atoms with Crippen molar-refractivity contribution in [1.29, 1.82) is 0 Å². The van der Waals surface area contributed by atoms with E-state index in [1.165, 1.54) is 5.56 Å². The predicted molar refractivity (Wildman–Crippen MR) is 103 cm³/mol. The standard InChI is InChI=1S/C20H35NO2Si/c1-20(2,24(3,4)23)11-10-18-12-19(16-22)15-21(14-18)13-17-8-6-5-7-9-17/h5-9,18-19,22-23H,10-16H2,1-4H3. The first-order valence-corrected chi connectivity index (χ1v) is 12.3. The van der Waals surface area contributed by atoms with Gasteiger partial charge in [-0.15, -0.1) is 0 Å². The fourth-order valence-corrected chi connectivity index (χ4v) is 4.36. The van der Waals surface area contributed by atoms with Gasteiger partial charge in [0.15, 0.2) is 8.32 Å². The molecule has 0 amide bonds. The lowest BCUT2D eigenvalue weighted by atomic mass is 9.85. The third-order valence-corrected chi connectivity index (χ3v) is 9.60. The summed E-state index contributed by atoms with van der Waals surface area (Å²) in [5.41, 5.74) is 1.35. The van der Waals surface area contributed by atoms with E-state index in [4.69, 9.17) is 0 Å². The van der Waals surface area contributed by atoms with Gasteiger partial charge in [-0.1, -0.05) is 44.2 Å². The molecule has 0 spiro atoms. The van der Waals surface area contributed by atoms with Gasteiger partial charge in [0.2, 0.25) is 0 Å². The lowest BCUT2D eigenvalue weighted by molar-refractivity contribution is 0.0743. The zero-order valence-electron chi connectivity index (χ0n) is 15.8. The van der Waals surface area contributed by atoms with Gasteiger partial charge in [-0.2, -0.15) is 0 Å². The van der Waals surface area contributed by atoms with Gasteiger partial charge >= 0.3 is 0 Å². The first-order valence-electron chi connectivity index (χ1n) is 9.31. The number of hydrogen-bond donors (Lipinski definition) is 2. The van der Waals surface area contributed by atoms with Crippen LogP contribution in [0.4, 0.5) is 0 Å². The Balaban J connectivity index is 1.95. The summed E-state index contributed by atoms with van der Waals surface area (Å²) in [5.74, 6) is 1.00. The molecule has 1 aliphatic heterocycles. The normalized spacial score (nSPS) is 23.4. The number of hydrogen-bond acceptors (Lipinski definition) is 3. The third kappa shape index (κ3) is 5.41. The number of aliphatic hydroxyl groups is 1. The molecule has 1 saturated heterocycles. The van der Waals surface area contributed by atoms with Crippen LogP contribution in [0, 0.1) is 11.8 Å². The van der Waals surface area contributed by atoms with Crippen molar-refractivity contribution in [3.05, 3.63) is 35.9 Å². The molecule has 1 aromatic carbocycles. The minimum Gasteiger partial charge on any atom is -0.432 e. The molecular formula is C20H35NO2Si. The Morgan fingerprint density at radius 2 is 1.75 bits per heavy atom. The van der Waals surface area contributed by atoms with E-state index in [2.05, 4.69) is 49.1 Å². The summed E-state index contributed by atoms with van der Waals surface area (Å²) < 4.78 is 0. The highest BCUT2D eigenvalue weighted by Crippen LogP contribution is 2.42. The van der Waals surface area contributed by atoms with Crippen molar-refractivity contribution in [3.63, 3.8) is 0 Å². The molecule has 1 heterocycles. The van der Waals surface area contributed by atoms with Crippen LogP contribution in [0.2, 0.25) is 18.1 Å². The Bertz CT molecular complexity index is 498. The van der Waals surface area contributed by atoms with Gasteiger partial charge in [0.25, 0.3) is 0 Å². The molecule has 2 unspecified atom stereocenters. The Hall–Kier alpha value is -0.683. The molecule has 1 aliphatic rings. The highest BCUT2D eigenvalue weighted by atomic mass is 28.4. The van der Waals surface area contributed by atoms with Crippen molar-refractivity contribution in [1.82, 2.24) is 4.90 Å². The van der Waals surface area contributed by atoms with E-state index in [-0.39, 0.29) is 11.6 Å². The van der Waals surface area contributed by atoms with E-state index in [9.17, 15) is 9.90 Å². The maximum absolute atomic E-state index is 10.5. The van der Waals surface area contributed by atoms with Gasteiger partial charge in [-0.05, 0) is 54.8 Å². The Labute approximate surface area is 148 Å². The first-order chi connectivity index (χ1) is 11.2. The van der Waals surface area contributed by atoms with E-state index < -0.39 is 8.32 Å². The van der Waals surface area contributed by atoms with Crippen molar-refractivity contribution in [2.75, 3.05) is 19.7 Å². The quantitative estimate of drug-likeness (QED) is 0.734. The van der Waals surface area contributed by atoms with E-state index in [1.807, 2.05) is 13.1 Å². The summed E-state index contributed by atoms with van der Waals surface area (Å²) in [4.78, 5) is 13.0. The van der Waals surface area contributed by atoms with Gasteiger partial charge in [0.1, 0.15) is 0 Å². The summed E-state index contributed by atoms with van der Waals surface area (Å²) >= 11 is 0. The van der Waals surface area contributed by atoms with Gasteiger partial charge in [0, 0.05) is 26.2 Å². The first kappa shape index (κ1) is 19.6. The summed E-state index contributed by atoms with van der Waals surface area (Å²) in [6, 6.07) is 10.6. The van der Waals surface area contributed by atoms with Crippen LogP contribution < -0.4 is 0 Å². The third-order valence-electron chi connectivity index (χ3n) is 6.04.